The van der Waals surface area contributed by atoms with Gasteiger partial charge in [0.15, 0.2) is 0 Å². The molecular weight excluding hydrogens is 138 g/mol. The van der Waals surface area contributed by atoms with E-state index in [2.05, 4.69) is 6.92 Å². The summed E-state index contributed by atoms with van der Waals surface area (Å²) in [6.07, 6.45) is 5.98. The molecule has 64 valence electrons. The molecule has 0 amide bonds. The van der Waals surface area contributed by atoms with Crippen LogP contribution >= 0.6 is 0 Å². The Morgan fingerprint density at radius 3 is 3.00 bits per heavy atom. The van der Waals surface area contributed by atoms with Crippen molar-refractivity contribution in [2.75, 3.05) is 0 Å². The molecule has 1 heterocycles. The third-order valence-corrected chi connectivity index (χ3v) is 3.09. The largest absolute Gasteiger partial charge is 0.368 e. The first-order valence-electron chi connectivity index (χ1n) is 4.72. The van der Waals surface area contributed by atoms with Gasteiger partial charge in [0.2, 0.25) is 0 Å². The lowest BCUT2D eigenvalue weighted by Crippen LogP contribution is -2.26. The summed E-state index contributed by atoms with van der Waals surface area (Å²) >= 11 is 0. The van der Waals surface area contributed by atoms with Crippen LogP contribution in [0.15, 0.2) is 0 Å². The lowest BCUT2D eigenvalue weighted by Gasteiger charge is -2.11. The van der Waals surface area contributed by atoms with Crippen molar-refractivity contribution in [2.24, 2.45) is 11.7 Å². The van der Waals surface area contributed by atoms with Gasteiger partial charge in [0.05, 0.1) is 12.2 Å². The van der Waals surface area contributed by atoms with E-state index in [4.69, 9.17) is 10.5 Å². The molecule has 1 aliphatic carbocycles. The average molecular weight is 155 g/mol. The van der Waals surface area contributed by atoms with E-state index in [0.29, 0.717) is 18.2 Å². The molecule has 2 aliphatic rings. The van der Waals surface area contributed by atoms with Gasteiger partial charge in [-0.25, -0.2) is 0 Å². The van der Waals surface area contributed by atoms with E-state index in [1.807, 2.05) is 0 Å². The van der Waals surface area contributed by atoms with E-state index >= 15 is 0 Å². The fourth-order valence-electron chi connectivity index (χ4n) is 2.13. The average Bonchev–Trinajstić information content (AvgIpc) is 2.74. The summed E-state index contributed by atoms with van der Waals surface area (Å²) in [7, 11) is 0. The topological polar surface area (TPSA) is 38.5 Å². The van der Waals surface area contributed by atoms with Gasteiger partial charge in [-0.05, 0) is 25.2 Å². The first-order valence-corrected chi connectivity index (χ1v) is 4.72. The molecule has 0 aromatic rings. The zero-order valence-corrected chi connectivity index (χ0v) is 7.12. The van der Waals surface area contributed by atoms with E-state index in [1.165, 1.54) is 25.7 Å². The Morgan fingerprint density at radius 2 is 2.27 bits per heavy atom. The predicted molar refractivity (Wildman–Crippen MR) is 44.3 cm³/mol. The smallest absolute Gasteiger partial charge is 0.0992 e. The second-order valence-corrected chi connectivity index (χ2v) is 3.89. The molecule has 2 N–H and O–H groups in total. The second-order valence-electron chi connectivity index (χ2n) is 3.89. The molecule has 2 nitrogen and oxygen atoms in total. The number of hydrogen-bond donors (Lipinski definition) is 1. The lowest BCUT2D eigenvalue weighted by atomic mass is 9.97. The van der Waals surface area contributed by atoms with Gasteiger partial charge in [0.1, 0.15) is 0 Å². The number of fused-ring (bicyclic) bond motifs is 1. The van der Waals surface area contributed by atoms with Crippen LogP contribution in [0, 0.1) is 5.92 Å². The van der Waals surface area contributed by atoms with E-state index < -0.39 is 0 Å². The molecule has 2 fully saturated rings. The molecule has 0 aromatic carbocycles. The van der Waals surface area contributed by atoms with E-state index in [1.54, 1.807) is 0 Å². The maximum absolute atomic E-state index is 5.91. The zero-order valence-electron chi connectivity index (χ0n) is 7.12. The summed E-state index contributed by atoms with van der Waals surface area (Å²) in [4.78, 5) is 0. The fourth-order valence-corrected chi connectivity index (χ4v) is 2.13. The van der Waals surface area contributed by atoms with Gasteiger partial charge >= 0.3 is 0 Å². The van der Waals surface area contributed by atoms with Crippen molar-refractivity contribution in [1.82, 2.24) is 0 Å². The Bertz CT molecular complexity index is 148. The SMILES string of the molecule is CCC1CCC(N)C2OC2C1. The molecule has 2 heteroatoms. The number of nitrogens with two attached hydrogens (primary N) is 1. The van der Waals surface area contributed by atoms with Crippen LogP contribution in [0.5, 0.6) is 0 Å². The van der Waals surface area contributed by atoms with Crippen LogP contribution in [-0.2, 0) is 4.74 Å². The minimum Gasteiger partial charge on any atom is -0.368 e. The Balaban J connectivity index is 1.93. The van der Waals surface area contributed by atoms with Crippen LogP contribution in [0.2, 0.25) is 0 Å². The first kappa shape index (κ1) is 7.56. The molecule has 0 radical (unpaired) electrons. The quantitative estimate of drug-likeness (QED) is 0.579. The van der Waals surface area contributed by atoms with Crippen molar-refractivity contribution < 1.29 is 4.74 Å². The minimum absolute atomic E-state index is 0.330. The van der Waals surface area contributed by atoms with Crippen molar-refractivity contribution in [3.05, 3.63) is 0 Å². The standard InChI is InChI=1S/C9H17NO/c1-2-6-3-4-7(10)9-8(5-6)11-9/h6-9H,2-5,10H2,1H3. The van der Waals surface area contributed by atoms with Gasteiger partial charge in [0.25, 0.3) is 0 Å². The van der Waals surface area contributed by atoms with Crippen molar-refractivity contribution >= 4 is 0 Å². The van der Waals surface area contributed by atoms with Crippen LogP contribution in [0.4, 0.5) is 0 Å². The highest BCUT2D eigenvalue weighted by molar-refractivity contribution is 4.96. The summed E-state index contributed by atoms with van der Waals surface area (Å²) < 4.78 is 5.48. The van der Waals surface area contributed by atoms with Crippen LogP contribution in [0.1, 0.15) is 32.6 Å². The summed E-state index contributed by atoms with van der Waals surface area (Å²) in [5.41, 5.74) is 5.91. The number of epoxide rings is 1. The number of hydrogen-bond acceptors (Lipinski definition) is 2. The first-order chi connectivity index (χ1) is 5.31. The summed E-state index contributed by atoms with van der Waals surface area (Å²) in [5.74, 6) is 0.874. The van der Waals surface area contributed by atoms with E-state index in [0.717, 1.165) is 5.92 Å². The fraction of sp³-hybridized carbons (Fsp3) is 1.00. The molecule has 0 spiro atoms. The summed E-state index contributed by atoms with van der Waals surface area (Å²) in [6, 6.07) is 0.330. The predicted octanol–water partition coefficient (Wildman–Crippen LogP) is 1.29. The molecule has 4 unspecified atom stereocenters. The summed E-state index contributed by atoms with van der Waals surface area (Å²) in [6.45, 7) is 2.26. The van der Waals surface area contributed by atoms with Gasteiger partial charge in [-0.2, -0.15) is 0 Å². The Morgan fingerprint density at radius 1 is 1.45 bits per heavy atom. The van der Waals surface area contributed by atoms with Gasteiger partial charge in [-0.3, -0.25) is 0 Å². The highest BCUT2D eigenvalue weighted by atomic mass is 16.6. The molecule has 1 saturated heterocycles. The summed E-state index contributed by atoms with van der Waals surface area (Å²) in [5, 5.41) is 0. The highest BCUT2D eigenvalue weighted by Gasteiger charge is 2.45. The van der Waals surface area contributed by atoms with E-state index in [-0.39, 0.29) is 0 Å². The van der Waals surface area contributed by atoms with Gasteiger partial charge < -0.3 is 10.5 Å². The van der Waals surface area contributed by atoms with Crippen LogP contribution < -0.4 is 5.73 Å². The molecule has 4 atom stereocenters. The molecular formula is C9H17NO. The molecule has 11 heavy (non-hydrogen) atoms. The minimum atomic E-state index is 0.330. The molecule has 1 aliphatic heterocycles. The van der Waals surface area contributed by atoms with Gasteiger partial charge in [-0.15, -0.1) is 0 Å². The number of ether oxygens (including phenoxy) is 1. The third-order valence-electron chi connectivity index (χ3n) is 3.09. The van der Waals surface area contributed by atoms with Crippen molar-refractivity contribution in [1.29, 1.82) is 0 Å². The van der Waals surface area contributed by atoms with Crippen molar-refractivity contribution in [3.63, 3.8) is 0 Å². The molecule has 0 aromatic heterocycles. The second kappa shape index (κ2) is 2.76. The van der Waals surface area contributed by atoms with Gasteiger partial charge in [0, 0.05) is 6.04 Å². The lowest BCUT2D eigenvalue weighted by molar-refractivity contribution is 0.281. The maximum atomic E-state index is 5.91. The normalized spacial score (nSPS) is 49.6. The third kappa shape index (κ3) is 1.42. The highest BCUT2D eigenvalue weighted by Crippen LogP contribution is 2.37. The van der Waals surface area contributed by atoms with E-state index in [9.17, 15) is 0 Å². The van der Waals surface area contributed by atoms with Crippen LogP contribution in [0.25, 0.3) is 0 Å². The van der Waals surface area contributed by atoms with Crippen LogP contribution in [0.3, 0.4) is 0 Å². The monoisotopic (exact) mass is 155 g/mol. The molecule has 2 rings (SSSR count). The van der Waals surface area contributed by atoms with Crippen LogP contribution in [-0.4, -0.2) is 18.2 Å². The van der Waals surface area contributed by atoms with Crippen molar-refractivity contribution in [2.45, 2.75) is 50.9 Å². The van der Waals surface area contributed by atoms with Crippen molar-refractivity contribution in [3.8, 4) is 0 Å². The maximum Gasteiger partial charge on any atom is 0.0992 e. The Kier molecular flexibility index (Phi) is 1.90. The Labute approximate surface area is 68.1 Å². The zero-order chi connectivity index (χ0) is 7.84. The Hall–Kier alpha value is -0.0800. The van der Waals surface area contributed by atoms with Gasteiger partial charge in [-0.1, -0.05) is 13.3 Å². The number of rotatable bonds is 1. The molecule has 1 saturated carbocycles. The molecule has 0 bridgehead atoms.